The molecule has 0 fully saturated rings. The van der Waals surface area contributed by atoms with Gasteiger partial charge in [-0.15, -0.1) is 0 Å². The van der Waals surface area contributed by atoms with E-state index in [2.05, 4.69) is 31.9 Å². The molecule has 0 saturated carbocycles. The molecule has 0 aliphatic carbocycles. The van der Waals surface area contributed by atoms with Gasteiger partial charge in [0.25, 0.3) is 0 Å². The summed E-state index contributed by atoms with van der Waals surface area (Å²) in [5.74, 6) is 0. The molecule has 0 amide bonds. The fraction of sp³-hybridized carbons (Fsp3) is 0.444. The number of hydrogen-bond donors (Lipinski definition) is 0. The summed E-state index contributed by atoms with van der Waals surface area (Å²) in [7, 11) is -1.07. The topological polar surface area (TPSA) is 17.1 Å². The Balaban J connectivity index is 3.78. The Labute approximate surface area is 69.8 Å². The molecular weight excluding hydrogens is 152 g/mol. The molecule has 0 rings (SSSR count). The number of carbonyl (C=O) groups is 1. The van der Waals surface area contributed by atoms with E-state index in [9.17, 15) is 4.79 Å². The lowest BCUT2D eigenvalue weighted by atomic mass is 10.2. The Morgan fingerprint density at radius 2 is 2.00 bits per heavy atom. The molecule has 2 heteroatoms. The van der Waals surface area contributed by atoms with Gasteiger partial charge >= 0.3 is 0 Å². The molecule has 0 aromatic carbocycles. The molecule has 0 N–H and O–H groups in total. The van der Waals surface area contributed by atoms with Crippen LogP contribution >= 0.6 is 0 Å². The summed E-state index contributed by atoms with van der Waals surface area (Å²) < 4.78 is 0. The Kier molecular flexibility index (Phi) is 4.04. The van der Waals surface area contributed by atoms with Gasteiger partial charge in [0.15, 0.2) is 0 Å². The first-order chi connectivity index (χ1) is 4.95. The minimum Gasteiger partial charge on any atom is -0.298 e. The van der Waals surface area contributed by atoms with Crippen LogP contribution in [0.1, 0.15) is 6.42 Å². The van der Waals surface area contributed by atoms with Gasteiger partial charge in [-0.05, 0) is 12.0 Å². The molecule has 0 heterocycles. The highest BCUT2D eigenvalue weighted by Crippen LogP contribution is 2.04. The van der Waals surface area contributed by atoms with E-state index in [0.717, 1.165) is 6.29 Å². The highest BCUT2D eigenvalue weighted by molar-refractivity contribution is 6.80. The van der Waals surface area contributed by atoms with Crippen LogP contribution in [0.5, 0.6) is 0 Å². The Morgan fingerprint density at radius 1 is 1.45 bits per heavy atom. The number of hydrogen-bond acceptors (Lipinski definition) is 1. The fourth-order valence-electron chi connectivity index (χ4n) is 0.612. The van der Waals surface area contributed by atoms with Crippen LogP contribution in [-0.2, 0) is 4.79 Å². The van der Waals surface area contributed by atoms with E-state index in [-0.39, 0.29) is 0 Å². The first kappa shape index (κ1) is 10.4. The van der Waals surface area contributed by atoms with Crippen molar-refractivity contribution in [3.63, 3.8) is 0 Å². The smallest absolute Gasteiger partial charge is 0.145 e. The second kappa shape index (κ2) is 4.29. The van der Waals surface area contributed by atoms with Gasteiger partial charge in [0.05, 0.1) is 8.07 Å². The normalized spacial score (nSPS) is 11.9. The summed E-state index contributed by atoms with van der Waals surface area (Å²) in [4.78, 5) is 10.1. The number of rotatable bonds is 4. The molecule has 62 valence electrons. The third-order valence-electron chi connectivity index (χ3n) is 1.16. The zero-order valence-electron chi connectivity index (χ0n) is 7.55. The van der Waals surface area contributed by atoms with Crippen molar-refractivity contribution in [2.45, 2.75) is 26.1 Å². The highest BCUT2D eigenvalue weighted by atomic mass is 28.3. The van der Waals surface area contributed by atoms with E-state index in [1.165, 1.54) is 0 Å². The van der Waals surface area contributed by atoms with E-state index in [1.54, 1.807) is 0 Å². The van der Waals surface area contributed by atoms with Crippen LogP contribution in [0.25, 0.3) is 0 Å². The monoisotopic (exact) mass is 168 g/mol. The minimum atomic E-state index is -1.07. The summed E-state index contributed by atoms with van der Waals surface area (Å²) in [6, 6.07) is 0. The lowest BCUT2D eigenvalue weighted by molar-refractivity contribution is -0.104. The molecule has 1 nitrogen and oxygen atoms in total. The minimum absolute atomic E-state index is 0.652. The molecule has 0 aromatic heterocycles. The molecule has 0 spiro atoms. The zero-order chi connectivity index (χ0) is 8.91. The van der Waals surface area contributed by atoms with E-state index >= 15 is 0 Å². The molecule has 0 atom stereocenters. The summed E-state index contributed by atoms with van der Waals surface area (Å²) in [5, 5.41) is 0. The summed E-state index contributed by atoms with van der Waals surface area (Å²) in [5.41, 5.74) is 2.88. The SMILES string of the molecule is C=C(C=O)C/C=C/[Si](C)(C)C. The maximum atomic E-state index is 10.1. The summed E-state index contributed by atoms with van der Waals surface area (Å²) >= 11 is 0. The van der Waals surface area contributed by atoms with Gasteiger partial charge in [0.2, 0.25) is 0 Å². The van der Waals surface area contributed by atoms with Crippen LogP contribution in [-0.4, -0.2) is 14.4 Å². The van der Waals surface area contributed by atoms with Gasteiger partial charge in [-0.25, -0.2) is 0 Å². The van der Waals surface area contributed by atoms with E-state index < -0.39 is 8.07 Å². The van der Waals surface area contributed by atoms with Gasteiger partial charge in [-0.2, -0.15) is 0 Å². The quantitative estimate of drug-likeness (QED) is 0.358. The van der Waals surface area contributed by atoms with Gasteiger partial charge < -0.3 is 0 Å². The fourth-order valence-corrected chi connectivity index (χ4v) is 1.44. The van der Waals surface area contributed by atoms with Crippen molar-refractivity contribution in [2.75, 3.05) is 0 Å². The Morgan fingerprint density at radius 3 is 2.36 bits per heavy atom. The van der Waals surface area contributed by atoms with Gasteiger partial charge in [0, 0.05) is 0 Å². The third-order valence-corrected chi connectivity index (χ3v) is 2.40. The molecule has 0 bridgehead atoms. The van der Waals surface area contributed by atoms with Gasteiger partial charge in [0.1, 0.15) is 6.29 Å². The van der Waals surface area contributed by atoms with Crippen molar-refractivity contribution < 1.29 is 4.79 Å². The van der Waals surface area contributed by atoms with Crippen molar-refractivity contribution in [3.8, 4) is 0 Å². The highest BCUT2D eigenvalue weighted by Gasteiger charge is 2.05. The van der Waals surface area contributed by atoms with Crippen LogP contribution in [0.15, 0.2) is 23.9 Å². The van der Waals surface area contributed by atoms with Crippen LogP contribution < -0.4 is 0 Å². The molecule has 0 aliphatic heterocycles. The summed E-state index contributed by atoms with van der Waals surface area (Å²) in [6.07, 6.45) is 3.56. The van der Waals surface area contributed by atoms with Gasteiger partial charge in [-0.1, -0.05) is 38.0 Å². The van der Waals surface area contributed by atoms with Crippen LogP contribution in [0, 0.1) is 0 Å². The van der Waals surface area contributed by atoms with E-state index in [4.69, 9.17) is 0 Å². The Bertz CT molecular complexity index is 174. The number of allylic oxidation sites excluding steroid dienone is 2. The molecular formula is C9H16OSi. The van der Waals surface area contributed by atoms with E-state index in [1.807, 2.05) is 6.08 Å². The molecule has 0 radical (unpaired) electrons. The predicted molar refractivity (Wildman–Crippen MR) is 52.3 cm³/mol. The van der Waals surface area contributed by atoms with Crippen molar-refractivity contribution in [1.29, 1.82) is 0 Å². The first-order valence-electron chi connectivity index (χ1n) is 3.76. The standard InChI is InChI=1S/C9H16OSi/c1-9(8-10)6-5-7-11(2,3)4/h5,7-8H,1,6H2,2-4H3/b7-5+. The van der Waals surface area contributed by atoms with E-state index in [0.29, 0.717) is 12.0 Å². The second-order valence-electron chi connectivity index (χ2n) is 3.75. The molecule has 0 saturated heterocycles. The van der Waals surface area contributed by atoms with Crippen molar-refractivity contribution in [3.05, 3.63) is 23.9 Å². The predicted octanol–water partition coefficient (Wildman–Crippen LogP) is 2.57. The molecule has 0 aliphatic rings. The lowest BCUT2D eigenvalue weighted by Gasteiger charge is -2.07. The van der Waals surface area contributed by atoms with Gasteiger partial charge in [-0.3, -0.25) is 4.79 Å². The molecule has 0 aromatic rings. The van der Waals surface area contributed by atoms with Crippen molar-refractivity contribution >= 4 is 14.4 Å². The maximum Gasteiger partial charge on any atom is 0.145 e. The average Bonchev–Trinajstić information content (AvgIpc) is 1.85. The average molecular weight is 168 g/mol. The molecule has 11 heavy (non-hydrogen) atoms. The lowest BCUT2D eigenvalue weighted by Crippen LogP contribution is -2.15. The zero-order valence-corrected chi connectivity index (χ0v) is 8.55. The number of aldehydes is 1. The van der Waals surface area contributed by atoms with Crippen molar-refractivity contribution in [1.82, 2.24) is 0 Å². The van der Waals surface area contributed by atoms with Crippen molar-refractivity contribution in [2.24, 2.45) is 0 Å². The maximum absolute atomic E-state index is 10.1. The van der Waals surface area contributed by atoms with Crippen LogP contribution in [0.4, 0.5) is 0 Å². The second-order valence-corrected chi connectivity index (χ2v) is 8.81. The van der Waals surface area contributed by atoms with Crippen LogP contribution in [0.3, 0.4) is 0 Å². The number of carbonyl (C=O) groups excluding carboxylic acids is 1. The first-order valence-corrected chi connectivity index (χ1v) is 7.34. The largest absolute Gasteiger partial charge is 0.298 e. The Hall–Kier alpha value is -0.633. The molecule has 0 unspecified atom stereocenters. The third kappa shape index (κ3) is 7.26. The van der Waals surface area contributed by atoms with Crippen LogP contribution in [0.2, 0.25) is 19.6 Å². The summed E-state index contributed by atoms with van der Waals surface area (Å²) in [6.45, 7) is 10.4.